The molecule has 67 heavy (non-hydrogen) atoms. The predicted octanol–water partition coefficient (Wildman–Crippen LogP) is 18.0. The van der Waals surface area contributed by atoms with Crippen LogP contribution in [0, 0.1) is 27.7 Å². The van der Waals surface area contributed by atoms with Crippen LogP contribution < -0.4 is 0 Å². The molecule has 0 bridgehead atoms. The quantitative estimate of drug-likeness (QED) is 0.148. The van der Waals surface area contributed by atoms with Crippen LogP contribution in [-0.4, -0.2) is 10.8 Å². The first-order chi connectivity index (χ1) is 32.9. The van der Waals surface area contributed by atoms with E-state index in [-0.39, 0.29) is 6.17 Å². The Hall–Kier alpha value is -7.69. The van der Waals surface area contributed by atoms with Gasteiger partial charge >= 0.3 is 0 Å². The van der Waals surface area contributed by atoms with Crippen molar-refractivity contribution in [2.24, 2.45) is 15.2 Å². The third-order valence-corrected chi connectivity index (χ3v) is 11.3. The lowest BCUT2D eigenvalue weighted by atomic mass is 9.94. The van der Waals surface area contributed by atoms with Crippen LogP contribution in [0.5, 0.6) is 0 Å². The number of nitrogens with zero attached hydrogens (tertiary/aromatic N) is 3. The molecule has 0 spiro atoms. The lowest BCUT2D eigenvalue weighted by Gasteiger charge is -2.10. The van der Waals surface area contributed by atoms with Crippen LogP contribution >= 0.6 is 0 Å². The first-order valence-electron chi connectivity index (χ1n) is 23.5. The second-order valence-corrected chi connectivity index (χ2v) is 16.3. The number of fused-ring (bicyclic) bond motifs is 3. The van der Waals surface area contributed by atoms with E-state index < -0.39 is 0 Å². The molecule has 1 aliphatic heterocycles. The number of H-pyrrole nitrogens is 1. The fraction of sp³-hybridized carbons (Fsp3) is 0.159. The number of nitrogens with one attached hydrogen (secondary N) is 1. The third kappa shape index (κ3) is 14.1. The lowest BCUT2D eigenvalue weighted by molar-refractivity contribution is 0.772. The summed E-state index contributed by atoms with van der Waals surface area (Å²) in [6.45, 7) is 16.4. The van der Waals surface area contributed by atoms with E-state index in [4.69, 9.17) is 0 Å². The summed E-state index contributed by atoms with van der Waals surface area (Å²) in [5, 5.41) is 11.1. The maximum Gasteiger partial charge on any atom is 0.188 e. The molecule has 8 aromatic rings. The van der Waals surface area contributed by atoms with Crippen molar-refractivity contribution in [2.45, 2.75) is 67.0 Å². The molecule has 0 saturated carbocycles. The highest BCUT2D eigenvalue weighted by Crippen LogP contribution is 2.31. The molecule has 1 atom stereocenters. The summed E-state index contributed by atoms with van der Waals surface area (Å²) in [6, 6.07) is 59.2. The molecule has 0 radical (unpaired) electrons. The molecule has 1 N–H and O–H groups in total. The van der Waals surface area contributed by atoms with E-state index in [0.29, 0.717) is 5.84 Å². The number of aromatic nitrogens is 1. The zero-order valence-electron chi connectivity index (χ0n) is 40.0. The summed E-state index contributed by atoms with van der Waals surface area (Å²) in [5.74, 6) is 0.622. The summed E-state index contributed by atoms with van der Waals surface area (Å²) in [5.41, 5.74) is 15.9. The van der Waals surface area contributed by atoms with Gasteiger partial charge in [-0.15, -0.1) is 5.11 Å². The Morgan fingerprint density at radius 2 is 1.21 bits per heavy atom. The van der Waals surface area contributed by atoms with Gasteiger partial charge in [0.25, 0.3) is 0 Å². The molecule has 0 fully saturated rings. The minimum Gasteiger partial charge on any atom is -0.355 e. The van der Waals surface area contributed by atoms with Crippen molar-refractivity contribution in [1.82, 2.24) is 4.98 Å². The van der Waals surface area contributed by atoms with E-state index in [1.54, 1.807) is 6.08 Å². The van der Waals surface area contributed by atoms with Gasteiger partial charge < -0.3 is 4.98 Å². The van der Waals surface area contributed by atoms with Gasteiger partial charge in [0.2, 0.25) is 0 Å². The molecule has 336 valence electrons. The first kappa shape index (κ1) is 48.8. The summed E-state index contributed by atoms with van der Waals surface area (Å²) in [4.78, 5) is 8.10. The Morgan fingerprint density at radius 1 is 0.597 bits per heavy atom. The van der Waals surface area contributed by atoms with Gasteiger partial charge in [0, 0.05) is 32.9 Å². The number of azo groups is 1. The van der Waals surface area contributed by atoms with Crippen LogP contribution in [0.2, 0.25) is 0 Å². The number of benzene rings is 7. The molecule has 0 saturated heterocycles. The predicted molar refractivity (Wildman–Crippen MR) is 290 cm³/mol. The molecule has 4 heteroatoms. The number of aliphatic imine (C=N–C) groups is 1. The lowest BCUT2D eigenvalue weighted by Crippen LogP contribution is -1.94. The zero-order valence-corrected chi connectivity index (χ0v) is 40.0. The van der Waals surface area contributed by atoms with Crippen LogP contribution in [0.4, 0.5) is 0 Å². The maximum atomic E-state index is 4.63. The minimum atomic E-state index is -0.270. The third-order valence-electron chi connectivity index (χ3n) is 11.3. The number of allylic oxidation sites excluding steroid dienone is 7. The Balaban J connectivity index is 0.000000177. The number of hydrogen-bond donors (Lipinski definition) is 1. The number of hydrogen-bond acceptors (Lipinski definition) is 3. The van der Waals surface area contributed by atoms with Crippen molar-refractivity contribution in [2.75, 3.05) is 0 Å². The van der Waals surface area contributed by atoms with Crippen LogP contribution in [0.25, 0.3) is 44.1 Å². The topological polar surface area (TPSA) is 52.9 Å². The van der Waals surface area contributed by atoms with Crippen molar-refractivity contribution >= 4 is 27.6 Å². The smallest absolute Gasteiger partial charge is 0.188 e. The average Bonchev–Trinajstić information content (AvgIpc) is 4.03. The fourth-order valence-corrected chi connectivity index (χ4v) is 7.67. The summed E-state index contributed by atoms with van der Waals surface area (Å²) in [6.07, 6.45) is 19.5. The molecule has 10 rings (SSSR count). The molecule has 0 amide bonds. The van der Waals surface area contributed by atoms with Crippen molar-refractivity contribution in [3.8, 4) is 22.3 Å². The normalized spacial score (nSPS) is 13.6. The van der Waals surface area contributed by atoms with Gasteiger partial charge in [-0.1, -0.05) is 232 Å². The Bertz CT molecular complexity index is 2980. The number of aryl methyl sites for hydroxylation is 4. The van der Waals surface area contributed by atoms with Crippen LogP contribution in [0.3, 0.4) is 0 Å². The van der Waals surface area contributed by atoms with Crippen molar-refractivity contribution in [1.29, 1.82) is 0 Å². The van der Waals surface area contributed by atoms with Crippen LogP contribution in [0.15, 0.2) is 246 Å². The molecule has 7 aromatic carbocycles. The second-order valence-electron chi connectivity index (χ2n) is 16.3. The van der Waals surface area contributed by atoms with E-state index in [1.807, 2.05) is 74.5 Å². The SMILES string of the molecule is C1=CCCC=C1.C=C/C(=C\C=C/Cc1ccc(-c2ccccc2C)c(C)c1)C1=NC(c2ccccc2)N=N1.CC.Cc1ccc(-c2ccc3[nH]c4ccccc4c3c2)cc1.Cc1ccccc1. The van der Waals surface area contributed by atoms with Gasteiger partial charge in [0.15, 0.2) is 12.0 Å². The van der Waals surface area contributed by atoms with E-state index in [0.717, 1.165) is 17.6 Å². The molecule has 1 aliphatic carbocycles. The summed E-state index contributed by atoms with van der Waals surface area (Å²) < 4.78 is 0. The minimum absolute atomic E-state index is 0.270. The van der Waals surface area contributed by atoms with Gasteiger partial charge in [0.05, 0.1) is 0 Å². The first-order valence-corrected chi connectivity index (χ1v) is 23.5. The van der Waals surface area contributed by atoms with Crippen LogP contribution in [0.1, 0.15) is 66.2 Å². The Labute approximate surface area is 399 Å². The molecule has 4 nitrogen and oxygen atoms in total. The highest BCUT2D eigenvalue weighted by atomic mass is 15.3. The monoisotopic (exact) mass is 877 g/mol. The number of para-hydroxylation sites is 1. The molecular formula is C63H64N4. The molecule has 2 aliphatic rings. The molecule has 1 unspecified atom stereocenters. The zero-order chi connectivity index (χ0) is 47.2. The van der Waals surface area contributed by atoms with E-state index in [1.165, 1.54) is 84.7 Å². The summed E-state index contributed by atoms with van der Waals surface area (Å²) in [7, 11) is 0. The van der Waals surface area contributed by atoms with Gasteiger partial charge in [-0.25, -0.2) is 4.99 Å². The fourth-order valence-electron chi connectivity index (χ4n) is 7.67. The van der Waals surface area contributed by atoms with Gasteiger partial charge in [-0.2, -0.15) is 5.11 Å². The van der Waals surface area contributed by atoms with Crippen molar-refractivity contribution in [3.63, 3.8) is 0 Å². The average molecular weight is 877 g/mol. The standard InChI is InChI=1S/C29H27N3.C19H15N.C7H8.C6H8.C2H6/c1-4-24(28-30-29(32-31-28)25-15-6-5-7-16-25)14-10-9-13-23-18-19-27(22(3)20-23)26-17-11-8-12-21(26)2;1-13-6-8-14(9-7-13)15-10-11-19-17(12-15)16-4-2-3-5-18(16)20-19;1-7-5-3-2-4-6-7;1-2-4-6-5-3-1;1-2/h4-12,14-20,29H,1,13H2,2-3H3;2-12,20H,1H3;2-6H,1H3;1-4H,5-6H2;1-2H3/b10-9-,24-14+;;;;. The van der Waals surface area contributed by atoms with Gasteiger partial charge in [-0.05, 0) is 104 Å². The van der Waals surface area contributed by atoms with E-state index in [9.17, 15) is 0 Å². The Kier molecular flexibility index (Phi) is 18.7. The van der Waals surface area contributed by atoms with Gasteiger partial charge in [-0.3, -0.25) is 0 Å². The number of aromatic amines is 1. The molecule has 2 heterocycles. The maximum absolute atomic E-state index is 4.63. The number of rotatable bonds is 8. The molecule has 1 aromatic heterocycles. The van der Waals surface area contributed by atoms with E-state index in [2.05, 4.69) is 206 Å². The van der Waals surface area contributed by atoms with Crippen LogP contribution in [-0.2, 0) is 6.42 Å². The van der Waals surface area contributed by atoms with Gasteiger partial charge in [0.1, 0.15) is 0 Å². The summed E-state index contributed by atoms with van der Waals surface area (Å²) >= 11 is 0. The van der Waals surface area contributed by atoms with Crippen molar-refractivity contribution < 1.29 is 0 Å². The second kappa shape index (κ2) is 25.7. The van der Waals surface area contributed by atoms with Crippen molar-refractivity contribution in [3.05, 3.63) is 264 Å². The number of amidine groups is 1. The van der Waals surface area contributed by atoms with E-state index >= 15 is 0 Å². The Morgan fingerprint density at radius 3 is 1.85 bits per heavy atom. The highest BCUT2D eigenvalue weighted by Gasteiger charge is 2.17. The molecular weight excluding hydrogens is 813 g/mol. The highest BCUT2D eigenvalue weighted by molar-refractivity contribution is 6.08. The largest absolute Gasteiger partial charge is 0.355 e.